The highest BCUT2D eigenvalue weighted by atomic mass is 16.5. The van der Waals surface area contributed by atoms with Crippen molar-refractivity contribution in [3.8, 4) is 0 Å². The van der Waals surface area contributed by atoms with Crippen molar-refractivity contribution in [3.63, 3.8) is 0 Å². The number of nitrogens with zero attached hydrogens (tertiary/aromatic N) is 4. The molecule has 0 saturated carbocycles. The number of hydrogen-bond acceptors (Lipinski definition) is 6. The third-order valence-electron chi connectivity index (χ3n) is 3.75. The van der Waals surface area contributed by atoms with Crippen LogP contribution in [-0.2, 0) is 4.79 Å². The Bertz CT molecular complexity index is 628. The molecule has 22 heavy (non-hydrogen) atoms. The second-order valence-electron chi connectivity index (χ2n) is 5.36. The fourth-order valence-corrected chi connectivity index (χ4v) is 2.73. The molecule has 1 aliphatic heterocycles. The number of carbonyl (C=O) groups excluding carboxylic acids is 1. The summed E-state index contributed by atoms with van der Waals surface area (Å²) in [6.45, 7) is 3.16. The molecular weight excluding hydrogens is 282 g/mol. The molecule has 7 nitrogen and oxygen atoms in total. The van der Waals surface area contributed by atoms with Crippen LogP contribution in [0.1, 0.15) is 36.8 Å². The standard InChI is InChI=1S/C15H19N5O2/c1-11-10-12(19-22-11)13-4-2-9-20(13)14(21)5-8-18-15-16-6-3-7-17-15/h3,6-7,10,13H,2,4-5,8-9H2,1H3,(H,16,17,18)/t13-/m0/s1. The average Bonchev–Trinajstić information content (AvgIpc) is 3.16. The lowest BCUT2D eigenvalue weighted by atomic mass is 10.1. The van der Waals surface area contributed by atoms with Crippen molar-refractivity contribution in [2.75, 3.05) is 18.4 Å². The third-order valence-corrected chi connectivity index (χ3v) is 3.75. The zero-order chi connectivity index (χ0) is 15.4. The Balaban J connectivity index is 1.55. The Morgan fingerprint density at radius 1 is 1.45 bits per heavy atom. The molecule has 0 aromatic carbocycles. The topological polar surface area (TPSA) is 84.2 Å². The van der Waals surface area contributed by atoms with Gasteiger partial charge < -0.3 is 14.7 Å². The molecule has 2 aromatic heterocycles. The van der Waals surface area contributed by atoms with Crippen LogP contribution in [0.25, 0.3) is 0 Å². The molecular formula is C15H19N5O2. The first-order valence-electron chi connectivity index (χ1n) is 7.47. The molecule has 1 N–H and O–H groups in total. The van der Waals surface area contributed by atoms with Crippen LogP contribution < -0.4 is 5.32 Å². The van der Waals surface area contributed by atoms with Gasteiger partial charge in [0.2, 0.25) is 11.9 Å². The molecule has 0 spiro atoms. The monoisotopic (exact) mass is 301 g/mol. The van der Waals surface area contributed by atoms with Crippen LogP contribution in [0.4, 0.5) is 5.95 Å². The van der Waals surface area contributed by atoms with Crippen molar-refractivity contribution in [2.45, 2.75) is 32.2 Å². The van der Waals surface area contributed by atoms with Crippen LogP contribution in [0.3, 0.4) is 0 Å². The van der Waals surface area contributed by atoms with E-state index >= 15 is 0 Å². The maximum Gasteiger partial charge on any atom is 0.224 e. The molecule has 3 heterocycles. The lowest BCUT2D eigenvalue weighted by Crippen LogP contribution is -2.32. The van der Waals surface area contributed by atoms with Crippen LogP contribution in [0.15, 0.2) is 29.0 Å². The first-order valence-corrected chi connectivity index (χ1v) is 7.47. The molecule has 1 aliphatic rings. The molecule has 0 bridgehead atoms. The molecule has 1 amide bonds. The summed E-state index contributed by atoms with van der Waals surface area (Å²) in [4.78, 5) is 22.4. The summed E-state index contributed by atoms with van der Waals surface area (Å²) in [5, 5.41) is 7.11. The van der Waals surface area contributed by atoms with Gasteiger partial charge in [-0.15, -0.1) is 0 Å². The number of aryl methyl sites for hydroxylation is 1. The first kappa shape index (κ1) is 14.5. The normalized spacial score (nSPS) is 17.7. The number of nitrogens with one attached hydrogen (secondary N) is 1. The predicted molar refractivity (Wildman–Crippen MR) is 80.1 cm³/mol. The SMILES string of the molecule is Cc1cc([C@@H]2CCCN2C(=O)CCNc2ncccn2)no1. The maximum atomic E-state index is 12.4. The van der Waals surface area contributed by atoms with Gasteiger partial charge in [0, 0.05) is 38.0 Å². The van der Waals surface area contributed by atoms with E-state index in [9.17, 15) is 4.79 Å². The second kappa shape index (κ2) is 6.55. The zero-order valence-electron chi connectivity index (χ0n) is 12.5. The summed E-state index contributed by atoms with van der Waals surface area (Å²) in [5.41, 5.74) is 0.850. The predicted octanol–water partition coefficient (Wildman–Crippen LogP) is 1.94. The number of carbonyl (C=O) groups is 1. The third kappa shape index (κ3) is 3.24. The molecule has 0 unspecified atom stereocenters. The summed E-state index contributed by atoms with van der Waals surface area (Å²) in [6.07, 6.45) is 5.68. The minimum atomic E-state index is 0.0397. The lowest BCUT2D eigenvalue weighted by molar-refractivity contribution is -0.131. The Kier molecular flexibility index (Phi) is 4.32. The fourth-order valence-electron chi connectivity index (χ4n) is 2.73. The van der Waals surface area contributed by atoms with E-state index in [1.165, 1.54) is 0 Å². The van der Waals surface area contributed by atoms with Gasteiger partial charge in [0.1, 0.15) is 11.5 Å². The fraction of sp³-hybridized carbons (Fsp3) is 0.467. The van der Waals surface area contributed by atoms with E-state index in [4.69, 9.17) is 4.52 Å². The minimum Gasteiger partial charge on any atom is -0.361 e. The van der Waals surface area contributed by atoms with E-state index in [1.807, 2.05) is 17.9 Å². The van der Waals surface area contributed by atoms with Crippen LogP contribution in [0.5, 0.6) is 0 Å². The van der Waals surface area contributed by atoms with E-state index < -0.39 is 0 Å². The van der Waals surface area contributed by atoms with Crippen LogP contribution >= 0.6 is 0 Å². The van der Waals surface area contributed by atoms with Gasteiger partial charge in [-0.1, -0.05) is 5.16 Å². The molecule has 3 rings (SSSR count). The Labute approximate surface area is 128 Å². The number of likely N-dealkylation sites (tertiary alicyclic amines) is 1. The van der Waals surface area contributed by atoms with Crippen LogP contribution in [-0.4, -0.2) is 39.0 Å². The lowest BCUT2D eigenvalue weighted by Gasteiger charge is -2.23. The highest BCUT2D eigenvalue weighted by Gasteiger charge is 2.31. The molecule has 0 aliphatic carbocycles. The molecule has 1 fully saturated rings. The van der Waals surface area contributed by atoms with Gasteiger partial charge in [0.05, 0.1) is 6.04 Å². The van der Waals surface area contributed by atoms with Gasteiger partial charge in [0.25, 0.3) is 0 Å². The number of hydrogen-bond donors (Lipinski definition) is 1. The van der Waals surface area contributed by atoms with Crippen molar-refractivity contribution >= 4 is 11.9 Å². The Morgan fingerprint density at radius 3 is 3.00 bits per heavy atom. The number of rotatable bonds is 5. The molecule has 116 valence electrons. The summed E-state index contributed by atoms with van der Waals surface area (Å²) >= 11 is 0. The molecule has 7 heteroatoms. The Hall–Kier alpha value is -2.44. The first-order chi connectivity index (χ1) is 10.7. The van der Waals surface area contributed by atoms with Crippen molar-refractivity contribution in [3.05, 3.63) is 36.0 Å². The van der Waals surface area contributed by atoms with E-state index in [0.717, 1.165) is 30.8 Å². The average molecular weight is 301 g/mol. The van der Waals surface area contributed by atoms with Crippen molar-refractivity contribution in [1.82, 2.24) is 20.0 Å². The smallest absolute Gasteiger partial charge is 0.224 e. The Morgan fingerprint density at radius 2 is 2.27 bits per heavy atom. The van der Waals surface area contributed by atoms with Gasteiger partial charge in [-0.05, 0) is 25.8 Å². The van der Waals surface area contributed by atoms with E-state index in [2.05, 4.69) is 20.4 Å². The number of anilines is 1. The van der Waals surface area contributed by atoms with Gasteiger partial charge in [-0.2, -0.15) is 0 Å². The maximum absolute atomic E-state index is 12.4. The van der Waals surface area contributed by atoms with E-state index in [0.29, 0.717) is 18.9 Å². The largest absolute Gasteiger partial charge is 0.361 e. The number of amides is 1. The minimum absolute atomic E-state index is 0.0397. The molecule has 1 saturated heterocycles. The zero-order valence-corrected chi connectivity index (χ0v) is 12.5. The highest BCUT2D eigenvalue weighted by molar-refractivity contribution is 5.77. The summed E-state index contributed by atoms with van der Waals surface area (Å²) < 4.78 is 5.13. The van der Waals surface area contributed by atoms with E-state index in [-0.39, 0.29) is 11.9 Å². The van der Waals surface area contributed by atoms with Gasteiger partial charge in [-0.3, -0.25) is 4.79 Å². The van der Waals surface area contributed by atoms with Gasteiger partial charge >= 0.3 is 0 Å². The molecule has 0 radical (unpaired) electrons. The van der Waals surface area contributed by atoms with Crippen molar-refractivity contribution < 1.29 is 9.32 Å². The van der Waals surface area contributed by atoms with Gasteiger partial charge in [0.15, 0.2) is 0 Å². The van der Waals surface area contributed by atoms with Crippen LogP contribution in [0, 0.1) is 6.92 Å². The summed E-state index contributed by atoms with van der Waals surface area (Å²) in [7, 11) is 0. The van der Waals surface area contributed by atoms with Crippen molar-refractivity contribution in [2.24, 2.45) is 0 Å². The summed E-state index contributed by atoms with van der Waals surface area (Å²) in [5.74, 6) is 1.43. The summed E-state index contributed by atoms with van der Waals surface area (Å²) in [6, 6.07) is 3.70. The quantitative estimate of drug-likeness (QED) is 0.908. The van der Waals surface area contributed by atoms with Crippen molar-refractivity contribution in [1.29, 1.82) is 0 Å². The van der Waals surface area contributed by atoms with E-state index in [1.54, 1.807) is 18.5 Å². The van der Waals surface area contributed by atoms with Gasteiger partial charge in [-0.25, -0.2) is 9.97 Å². The highest BCUT2D eigenvalue weighted by Crippen LogP contribution is 2.31. The second-order valence-corrected chi connectivity index (χ2v) is 5.36. The molecule has 1 atom stereocenters. The molecule has 2 aromatic rings. The number of aromatic nitrogens is 3. The van der Waals surface area contributed by atoms with Crippen LogP contribution in [0.2, 0.25) is 0 Å².